The van der Waals surface area contributed by atoms with E-state index in [0.29, 0.717) is 24.3 Å². The predicted molar refractivity (Wildman–Crippen MR) is 154 cm³/mol. The molecule has 0 aliphatic heterocycles. The first-order valence-corrected chi connectivity index (χ1v) is 14.5. The van der Waals surface area contributed by atoms with Gasteiger partial charge in [0.15, 0.2) is 0 Å². The highest BCUT2D eigenvalue weighted by Crippen LogP contribution is 2.30. The second kappa shape index (κ2) is 13.7. The van der Waals surface area contributed by atoms with E-state index in [0.717, 1.165) is 4.31 Å². The predicted octanol–water partition coefficient (Wildman–Crippen LogP) is 5.14. The summed E-state index contributed by atoms with van der Waals surface area (Å²) in [6.45, 7) is 3.43. The Hall–Kier alpha value is -3.27. The van der Waals surface area contributed by atoms with Gasteiger partial charge in [-0.3, -0.25) is 13.9 Å². The quantitative estimate of drug-likeness (QED) is 0.314. The van der Waals surface area contributed by atoms with Gasteiger partial charge in [-0.1, -0.05) is 60.5 Å². The molecule has 0 heterocycles. The number of anilines is 1. The molecule has 11 heteroatoms. The summed E-state index contributed by atoms with van der Waals surface area (Å²) in [4.78, 5) is 28.4. The van der Waals surface area contributed by atoms with Crippen LogP contribution in [0, 0.1) is 0 Å². The molecule has 3 aromatic carbocycles. The molecule has 3 aromatic rings. The van der Waals surface area contributed by atoms with Crippen molar-refractivity contribution < 1.29 is 22.7 Å². The lowest BCUT2D eigenvalue weighted by Crippen LogP contribution is -2.52. The van der Waals surface area contributed by atoms with E-state index in [9.17, 15) is 18.0 Å². The first-order chi connectivity index (χ1) is 18.6. The number of halogens is 2. The molecule has 0 aliphatic rings. The Morgan fingerprint density at radius 2 is 1.62 bits per heavy atom. The molecule has 0 fully saturated rings. The smallest absolute Gasteiger partial charge is 0.264 e. The maximum Gasteiger partial charge on any atom is 0.264 e. The monoisotopic (exact) mass is 591 g/mol. The molecule has 1 atom stereocenters. The average molecular weight is 593 g/mol. The number of hydrogen-bond donors (Lipinski definition) is 1. The summed E-state index contributed by atoms with van der Waals surface area (Å²) in [6, 6.07) is 18.4. The van der Waals surface area contributed by atoms with Gasteiger partial charge < -0.3 is 15.0 Å². The third-order valence-electron chi connectivity index (χ3n) is 5.97. The number of hydrogen-bond acceptors (Lipinski definition) is 5. The van der Waals surface area contributed by atoms with Crippen LogP contribution in [0.4, 0.5) is 5.69 Å². The maximum atomic E-state index is 14.0. The Bertz CT molecular complexity index is 1380. The molecule has 0 saturated heterocycles. The van der Waals surface area contributed by atoms with Crippen LogP contribution in [0.3, 0.4) is 0 Å². The van der Waals surface area contributed by atoms with Crippen molar-refractivity contribution >= 4 is 50.7 Å². The van der Waals surface area contributed by atoms with Crippen molar-refractivity contribution in [2.24, 2.45) is 0 Å². The fourth-order valence-corrected chi connectivity index (χ4v) is 6.04. The topological polar surface area (TPSA) is 96.0 Å². The third-order valence-corrected chi connectivity index (χ3v) is 8.19. The Morgan fingerprint density at radius 3 is 2.21 bits per heavy atom. The van der Waals surface area contributed by atoms with E-state index in [-0.39, 0.29) is 33.1 Å². The maximum absolute atomic E-state index is 14.0. The van der Waals surface area contributed by atoms with Gasteiger partial charge in [0.2, 0.25) is 11.8 Å². The Balaban J connectivity index is 2.09. The van der Waals surface area contributed by atoms with Gasteiger partial charge in [0.1, 0.15) is 18.3 Å². The molecule has 0 spiro atoms. The lowest BCUT2D eigenvalue weighted by Gasteiger charge is -2.33. The standard InChI is InChI=1S/C28H31Cl2N3O5S/c1-4-26(28(35)31-5-2)32(18-20-10-9-11-24(14-20)38-3)27(34)19-33(23-16-21(29)15-22(30)17-23)39(36,37)25-12-7-6-8-13-25/h6-17,26H,4-5,18-19H2,1-3H3,(H,31,35)/t26-/m1/s1. The zero-order valence-electron chi connectivity index (χ0n) is 21.9. The Morgan fingerprint density at radius 1 is 0.949 bits per heavy atom. The minimum absolute atomic E-state index is 0.0102. The molecule has 1 N–H and O–H groups in total. The normalized spacial score (nSPS) is 11.9. The fourth-order valence-electron chi connectivity index (χ4n) is 4.11. The summed E-state index contributed by atoms with van der Waals surface area (Å²) >= 11 is 12.4. The van der Waals surface area contributed by atoms with E-state index in [1.54, 1.807) is 50.2 Å². The minimum atomic E-state index is -4.21. The van der Waals surface area contributed by atoms with E-state index < -0.39 is 28.5 Å². The largest absolute Gasteiger partial charge is 0.497 e. The number of rotatable bonds is 12. The zero-order chi connectivity index (χ0) is 28.6. The van der Waals surface area contributed by atoms with E-state index in [2.05, 4.69) is 5.32 Å². The van der Waals surface area contributed by atoms with Crippen molar-refractivity contribution in [1.82, 2.24) is 10.2 Å². The van der Waals surface area contributed by atoms with Gasteiger partial charge in [0.25, 0.3) is 10.0 Å². The van der Waals surface area contributed by atoms with Crippen molar-refractivity contribution in [3.8, 4) is 5.75 Å². The van der Waals surface area contributed by atoms with Crippen molar-refractivity contribution in [3.63, 3.8) is 0 Å². The molecule has 0 saturated carbocycles. The summed E-state index contributed by atoms with van der Waals surface area (Å²) in [5.74, 6) is -0.321. The number of carbonyl (C=O) groups is 2. The number of sulfonamides is 1. The number of carbonyl (C=O) groups excluding carboxylic acids is 2. The van der Waals surface area contributed by atoms with Crippen LogP contribution in [0.2, 0.25) is 10.0 Å². The van der Waals surface area contributed by atoms with Crippen LogP contribution in [-0.2, 0) is 26.2 Å². The molecule has 3 rings (SSSR count). The molecule has 0 unspecified atom stereocenters. The third kappa shape index (κ3) is 7.65. The summed E-state index contributed by atoms with van der Waals surface area (Å²) in [7, 11) is -2.68. The molecule has 8 nitrogen and oxygen atoms in total. The second-order valence-electron chi connectivity index (χ2n) is 8.64. The highest BCUT2D eigenvalue weighted by atomic mass is 35.5. The van der Waals surface area contributed by atoms with Gasteiger partial charge in [-0.15, -0.1) is 0 Å². The molecular formula is C28H31Cl2N3O5S. The Kier molecular flexibility index (Phi) is 10.6. The lowest BCUT2D eigenvalue weighted by atomic mass is 10.1. The molecular weight excluding hydrogens is 561 g/mol. The van der Waals surface area contributed by atoms with E-state index in [4.69, 9.17) is 27.9 Å². The van der Waals surface area contributed by atoms with Gasteiger partial charge in [-0.25, -0.2) is 8.42 Å². The van der Waals surface area contributed by atoms with Crippen molar-refractivity contribution in [1.29, 1.82) is 0 Å². The van der Waals surface area contributed by atoms with Crippen LogP contribution in [0.25, 0.3) is 0 Å². The number of nitrogens with one attached hydrogen (secondary N) is 1. The summed E-state index contributed by atoms with van der Waals surface area (Å²) < 4.78 is 33.9. The number of benzene rings is 3. The first kappa shape index (κ1) is 30.3. The van der Waals surface area contributed by atoms with Crippen molar-refractivity contribution in [2.75, 3.05) is 24.5 Å². The van der Waals surface area contributed by atoms with Crippen molar-refractivity contribution in [3.05, 3.63) is 88.4 Å². The van der Waals surface area contributed by atoms with Crippen LogP contribution in [0.1, 0.15) is 25.8 Å². The molecule has 0 aliphatic carbocycles. The summed E-state index contributed by atoms with van der Waals surface area (Å²) in [6.07, 6.45) is 0.315. The van der Waals surface area contributed by atoms with Gasteiger partial charge in [-0.05, 0) is 61.4 Å². The molecule has 208 valence electrons. The number of nitrogens with zero attached hydrogens (tertiary/aromatic N) is 2. The molecule has 0 aromatic heterocycles. The van der Waals surface area contributed by atoms with Crippen LogP contribution < -0.4 is 14.4 Å². The van der Waals surface area contributed by atoms with Gasteiger partial charge >= 0.3 is 0 Å². The van der Waals surface area contributed by atoms with E-state index in [1.165, 1.54) is 42.3 Å². The summed E-state index contributed by atoms with van der Waals surface area (Å²) in [5, 5.41) is 3.19. The van der Waals surface area contributed by atoms with E-state index >= 15 is 0 Å². The zero-order valence-corrected chi connectivity index (χ0v) is 24.3. The van der Waals surface area contributed by atoms with Crippen LogP contribution >= 0.6 is 23.2 Å². The fraction of sp³-hybridized carbons (Fsp3) is 0.286. The molecule has 0 radical (unpaired) electrons. The number of methoxy groups -OCH3 is 1. The molecule has 2 amide bonds. The summed E-state index contributed by atoms with van der Waals surface area (Å²) in [5.41, 5.74) is 0.839. The minimum Gasteiger partial charge on any atom is -0.497 e. The van der Waals surface area contributed by atoms with Gasteiger partial charge in [0.05, 0.1) is 17.7 Å². The van der Waals surface area contributed by atoms with E-state index in [1.807, 2.05) is 6.07 Å². The first-order valence-electron chi connectivity index (χ1n) is 12.3. The van der Waals surface area contributed by atoms with Crippen LogP contribution in [0.15, 0.2) is 77.7 Å². The second-order valence-corrected chi connectivity index (χ2v) is 11.4. The molecule has 39 heavy (non-hydrogen) atoms. The number of ether oxygens (including phenoxy) is 1. The molecule has 0 bridgehead atoms. The Labute approximate surface area is 239 Å². The number of amides is 2. The lowest BCUT2D eigenvalue weighted by molar-refractivity contribution is -0.140. The van der Waals surface area contributed by atoms with Crippen LogP contribution in [0.5, 0.6) is 5.75 Å². The SMILES string of the molecule is CCNC(=O)[C@@H](CC)N(Cc1cccc(OC)c1)C(=O)CN(c1cc(Cl)cc(Cl)c1)S(=O)(=O)c1ccccc1. The van der Waals surface area contributed by atoms with Gasteiger partial charge in [-0.2, -0.15) is 0 Å². The average Bonchev–Trinajstić information content (AvgIpc) is 2.91. The highest BCUT2D eigenvalue weighted by molar-refractivity contribution is 7.92. The van der Waals surface area contributed by atoms with Crippen LogP contribution in [-0.4, -0.2) is 51.4 Å². The highest BCUT2D eigenvalue weighted by Gasteiger charge is 2.33. The van der Waals surface area contributed by atoms with Crippen molar-refractivity contribution in [2.45, 2.75) is 37.8 Å². The number of likely N-dealkylation sites (N-methyl/N-ethyl adjacent to an activating group) is 1. The van der Waals surface area contributed by atoms with Gasteiger partial charge in [0, 0.05) is 23.1 Å².